The van der Waals surface area contributed by atoms with Crippen molar-refractivity contribution in [1.29, 1.82) is 0 Å². The van der Waals surface area contributed by atoms with Crippen molar-refractivity contribution >= 4 is 31.9 Å². The van der Waals surface area contributed by atoms with Crippen LogP contribution in [0.4, 0.5) is 0 Å². The van der Waals surface area contributed by atoms with Gasteiger partial charge in [-0.25, -0.2) is 0 Å². The average Bonchev–Trinajstić information content (AvgIpc) is 2.58. The van der Waals surface area contributed by atoms with Gasteiger partial charge < -0.3 is 19.7 Å². The zero-order valence-corrected chi connectivity index (χ0v) is 16.6. The van der Waals surface area contributed by atoms with Gasteiger partial charge in [-0.05, 0) is 56.8 Å². The maximum absolute atomic E-state index is 10.5. The second-order valence-electron chi connectivity index (χ2n) is 5.71. The van der Waals surface area contributed by atoms with Crippen LogP contribution in [0.3, 0.4) is 0 Å². The Kier molecular flexibility index (Phi) is 4.97. The third kappa shape index (κ3) is 2.75. The largest absolute Gasteiger partial charge is 0.504 e. The van der Waals surface area contributed by atoms with Crippen molar-refractivity contribution in [3.63, 3.8) is 0 Å². The molecule has 0 aromatic heterocycles. The van der Waals surface area contributed by atoms with E-state index < -0.39 is 0 Å². The van der Waals surface area contributed by atoms with Crippen molar-refractivity contribution in [2.75, 3.05) is 0 Å². The van der Waals surface area contributed by atoms with E-state index in [9.17, 15) is 10.2 Å². The van der Waals surface area contributed by atoms with Gasteiger partial charge in [0.05, 0.1) is 4.47 Å². The molecule has 0 fully saturated rings. The van der Waals surface area contributed by atoms with Crippen LogP contribution >= 0.6 is 31.9 Å². The van der Waals surface area contributed by atoms with Crippen LogP contribution in [0.1, 0.15) is 37.8 Å². The molecule has 2 aromatic carbocycles. The summed E-state index contributed by atoms with van der Waals surface area (Å²) in [5, 5.41) is 20.9. The normalized spacial score (nSPS) is 12.2. The minimum Gasteiger partial charge on any atom is -0.504 e. The van der Waals surface area contributed by atoms with E-state index in [1.54, 1.807) is 0 Å². The maximum atomic E-state index is 10.5. The molecule has 0 saturated carbocycles. The number of phenolic OH excluding ortho intramolecular Hbond substituents is 2. The molecule has 128 valence electrons. The number of hydrogen-bond acceptors (Lipinski definition) is 4. The van der Waals surface area contributed by atoms with Crippen LogP contribution in [-0.4, -0.2) is 10.2 Å². The highest BCUT2D eigenvalue weighted by Gasteiger charge is 2.31. The minimum absolute atomic E-state index is 0.109. The van der Waals surface area contributed by atoms with Crippen molar-refractivity contribution in [2.24, 2.45) is 0 Å². The van der Waals surface area contributed by atoms with Crippen molar-refractivity contribution in [3.05, 3.63) is 32.2 Å². The van der Waals surface area contributed by atoms with E-state index in [1.807, 2.05) is 26.0 Å². The molecule has 0 aliphatic carbocycles. The molecule has 24 heavy (non-hydrogen) atoms. The summed E-state index contributed by atoms with van der Waals surface area (Å²) in [6.45, 7) is 4.02. The Bertz CT molecular complexity index is 803. The standard InChI is InChI=1S/C18H18Br2O4/c1-3-5-9-14(21)15(22)10(6-4-2)17-16(9)23-12-8-7-11(19)13(20)18(12)24-17/h7-8,21-22H,3-6H2,1-2H3. The van der Waals surface area contributed by atoms with E-state index in [-0.39, 0.29) is 11.5 Å². The van der Waals surface area contributed by atoms with Gasteiger partial charge >= 0.3 is 0 Å². The molecule has 0 radical (unpaired) electrons. The first-order chi connectivity index (χ1) is 11.5. The Morgan fingerprint density at radius 2 is 1.38 bits per heavy atom. The first kappa shape index (κ1) is 17.4. The monoisotopic (exact) mass is 456 g/mol. The van der Waals surface area contributed by atoms with Crippen LogP contribution in [0.15, 0.2) is 21.1 Å². The van der Waals surface area contributed by atoms with Crippen molar-refractivity contribution in [3.8, 4) is 34.5 Å². The minimum atomic E-state index is -0.114. The molecule has 3 rings (SSSR count). The Labute approximate surface area is 157 Å². The number of fused-ring (bicyclic) bond motifs is 2. The number of halogens is 2. The van der Waals surface area contributed by atoms with Crippen LogP contribution in [0.2, 0.25) is 0 Å². The summed E-state index contributed by atoms with van der Waals surface area (Å²) in [5.41, 5.74) is 1.15. The number of ether oxygens (including phenoxy) is 2. The number of benzene rings is 2. The van der Waals surface area contributed by atoms with Gasteiger partial charge in [0.2, 0.25) is 0 Å². The lowest BCUT2D eigenvalue weighted by Gasteiger charge is -2.27. The summed E-state index contributed by atoms with van der Waals surface area (Å²) < 4.78 is 13.8. The molecule has 6 heteroatoms. The molecule has 4 nitrogen and oxygen atoms in total. The fraction of sp³-hybridized carbons (Fsp3) is 0.333. The van der Waals surface area contributed by atoms with Gasteiger partial charge in [-0.15, -0.1) is 0 Å². The average molecular weight is 458 g/mol. The highest BCUT2D eigenvalue weighted by Crippen LogP contribution is 2.57. The zero-order valence-electron chi connectivity index (χ0n) is 13.4. The lowest BCUT2D eigenvalue weighted by molar-refractivity contribution is 0.333. The summed E-state index contributed by atoms with van der Waals surface area (Å²) in [4.78, 5) is 0. The Morgan fingerprint density at radius 3 is 1.92 bits per heavy atom. The first-order valence-corrected chi connectivity index (χ1v) is 9.51. The molecule has 0 unspecified atom stereocenters. The number of aromatic hydroxyl groups is 2. The lowest BCUT2D eigenvalue weighted by Crippen LogP contribution is -2.06. The molecule has 0 amide bonds. The molecule has 1 aliphatic heterocycles. The number of rotatable bonds is 4. The molecule has 2 aromatic rings. The molecule has 1 heterocycles. The SMILES string of the molecule is CCCc1c(O)c(O)c(CCC)c2c1Oc1ccc(Br)c(Br)c1O2. The summed E-state index contributed by atoms with van der Waals surface area (Å²) in [6.07, 6.45) is 2.79. The number of phenols is 2. The quantitative estimate of drug-likeness (QED) is 0.443. The summed E-state index contributed by atoms with van der Waals surface area (Å²) in [6, 6.07) is 3.68. The van der Waals surface area contributed by atoms with Crippen molar-refractivity contribution in [2.45, 2.75) is 39.5 Å². The van der Waals surface area contributed by atoms with Crippen molar-refractivity contribution < 1.29 is 19.7 Å². The zero-order chi connectivity index (χ0) is 17.4. The summed E-state index contributed by atoms with van der Waals surface area (Å²) in [7, 11) is 0. The molecular formula is C18H18Br2O4. The second-order valence-corrected chi connectivity index (χ2v) is 7.35. The predicted octanol–water partition coefficient (Wildman–Crippen LogP) is 6.43. The van der Waals surface area contributed by atoms with E-state index in [1.165, 1.54) is 0 Å². The molecular weight excluding hydrogens is 440 g/mol. The maximum Gasteiger partial charge on any atom is 0.185 e. The van der Waals surface area contributed by atoms with Crippen molar-refractivity contribution in [1.82, 2.24) is 0 Å². The van der Waals surface area contributed by atoms with Gasteiger partial charge in [0.15, 0.2) is 34.5 Å². The Hall–Kier alpha value is -1.40. The highest BCUT2D eigenvalue weighted by molar-refractivity contribution is 9.13. The lowest BCUT2D eigenvalue weighted by atomic mass is 9.98. The smallest absolute Gasteiger partial charge is 0.185 e. The van der Waals surface area contributed by atoms with Gasteiger partial charge in [-0.3, -0.25) is 0 Å². The van der Waals surface area contributed by atoms with Crippen LogP contribution in [0, 0.1) is 0 Å². The molecule has 0 saturated heterocycles. The molecule has 0 bridgehead atoms. The molecule has 0 spiro atoms. The third-order valence-corrected chi connectivity index (χ3v) is 5.96. The van der Waals surface area contributed by atoms with E-state index in [0.29, 0.717) is 47.0 Å². The Morgan fingerprint density at radius 1 is 0.833 bits per heavy atom. The molecule has 0 atom stereocenters. The van der Waals surface area contributed by atoms with E-state index in [0.717, 1.165) is 21.8 Å². The Balaban J connectivity index is 2.24. The summed E-state index contributed by atoms with van der Waals surface area (Å²) >= 11 is 6.96. The first-order valence-electron chi connectivity index (χ1n) is 7.92. The van der Waals surface area contributed by atoms with E-state index in [4.69, 9.17) is 9.47 Å². The molecule has 1 aliphatic rings. The highest BCUT2D eigenvalue weighted by atomic mass is 79.9. The number of hydrogen-bond donors (Lipinski definition) is 2. The molecule has 2 N–H and O–H groups in total. The van der Waals surface area contributed by atoms with Crippen LogP contribution < -0.4 is 9.47 Å². The predicted molar refractivity (Wildman–Crippen MR) is 99.8 cm³/mol. The van der Waals surface area contributed by atoms with Crippen LogP contribution in [0.25, 0.3) is 0 Å². The topological polar surface area (TPSA) is 58.9 Å². The van der Waals surface area contributed by atoms with Gasteiger partial charge in [0.1, 0.15) is 0 Å². The second kappa shape index (κ2) is 6.84. The van der Waals surface area contributed by atoms with E-state index in [2.05, 4.69) is 31.9 Å². The fourth-order valence-electron chi connectivity index (χ4n) is 2.86. The van der Waals surface area contributed by atoms with E-state index >= 15 is 0 Å². The van der Waals surface area contributed by atoms with Gasteiger partial charge in [0, 0.05) is 15.6 Å². The van der Waals surface area contributed by atoms with Gasteiger partial charge in [-0.2, -0.15) is 0 Å². The van der Waals surface area contributed by atoms with Gasteiger partial charge in [0.25, 0.3) is 0 Å². The van der Waals surface area contributed by atoms with Crippen LogP contribution in [-0.2, 0) is 12.8 Å². The summed E-state index contributed by atoms with van der Waals surface area (Å²) in [5.74, 6) is 1.89. The van der Waals surface area contributed by atoms with Crippen LogP contribution in [0.5, 0.6) is 34.5 Å². The third-order valence-electron chi connectivity index (χ3n) is 3.98. The fourth-order valence-corrected chi connectivity index (χ4v) is 3.58. The van der Waals surface area contributed by atoms with Gasteiger partial charge in [-0.1, -0.05) is 26.7 Å².